The maximum absolute atomic E-state index is 11.5. The number of phenolic OH excluding ortho intramolecular Hbond substituents is 1. The van der Waals surface area contributed by atoms with E-state index in [4.69, 9.17) is 0 Å². The lowest BCUT2D eigenvalue weighted by Gasteiger charge is -2.10. The molecule has 86 valence electrons. The second kappa shape index (κ2) is 4.42. The van der Waals surface area contributed by atoms with Gasteiger partial charge < -0.3 is 5.11 Å². The average molecular weight is 226 g/mol. The zero-order valence-electron chi connectivity index (χ0n) is 9.73. The van der Waals surface area contributed by atoms with E-state index in [0.717, 1.165) is 16.3 Å². The fourth-order valence-corrected chi connectivity index (χ4v) is 2.03. The van der Waals surface area contributed by atoms with Gasteiger partial charge in [0.1, 0.15) is 5.75 Å². The molecule has 0 spiro atoms. The summed E-state index contributed by atoms with van der Waals surface area (Å²) in [6.45, 7) is 5.14. The summed E-state index contributed by atoms with van der Waals surface area (Å²) in [4.78, 5) is 11.5. The molecule has 0 radical (unpaired) electrons. The lowest BCUT2D eigenvalue weighted by Crippen LogP contribution is -1.97. The van der Waals surface area contributed by atoms with Crippen LogP contribution in [0.25, 0.3) is 10.8 Å². The van der Waals surface area contributed by atoms with Gasteiger partial charge in [-0.25, -0.2) is 0 Å². The van der Waals surface area contributed by atoms with Crippen LogP contribution in [0.1, 0.15) is 22.8 Å². The lowest BCUT2D eigenvalue weighted by molar-refractivity contribution is 0.101. The Balaban J connectivity index is 2.84. The molecule has 0 aliphatic carbocycles. The maximum Gasteiger partial charge on any atom is 0.163 e. The molecule has 0 saturated heterocycles. The van der Waals surface area contributed by atoms with E-state index >= 15 is 0 Å². The standard InChI is InChI=1S/C15H14O2/c1-3-6-13-12-8-5-4-7-11(12)9-14(10(2)16)15(13)17/h3-5,7-9,17H,1,6H2,2H3. The second-order valence-electron chi connectivity index (χ2n) is 4.02. The fraction of sp³-hybridized carbons (Fsp3) is 0.133. The van der Waals surface area contributed by atoms with Gasteiger partial charge in [0, 0.05) is 5.56 Å². The predicted molar refractivity (Wildman–Crippen MR) is 69.5 cm³/mol. The molecule has 0 aliphatic heterocycles. The van der Waals surface area contributed by atoms with Crippen molar-refractivity contribution in [3.63, 3.8) is 0 Å². The van der Waals surface area contributed by atoms with Crippen LogP contribution in [-0.2, 0) is 6.42 Å². The number of aromatic hydroxyl groups is 1. The Morgan fingerprint density at radius 1 is 1.41 bits per heavy atom. The number of carbonyl (C=O) groups excluding carboxylic acids is 1. The quantitative estimate of drug-likeness (QED) is 0.642. The Hall–Kier alpha value is -2.09. The molecule has 2 heteroatoms. The van der Waals surface area contributed by atoms with Crippen molar-refractivity contribution in [1.29, 1.82) is 0 Å². The first-order valence-electron chi connectivity index (χ1n) is 5.50. The van der Waals surface area contributed by atoms with Gasteiger partial charge in [-0.2, -0.15) is 0 Å². The average Bonchev–Trinajstić information content (AvgIpc) is 2.32. The third kappa shape index (κ3) is 1.94. The molecule has 0 heterocycles. The molecular formula is C15H14O2. The molecule has 2 rings (SSSR count). The Labute approximate surface area is 100 Å². The van der Waals surface area contributed by atoms with Gasteiger partial charge in [0.15, 0.2) is 5.78 Å². The Morgan fingerprint density at radius 2 is 2.12 bits per heavy atom. The normalized spacial score (nSPS) is 10.4. The van der Waals surface area contributed by atoms with Crippen LogP contribution in [0.5, 0.6) is 5.75 Å². The number of fused-ring (bicyclic) bond motifs is 1. The minimum Gasteiger partial charge on any atom is -0.507 e. The first-order chi connectivity index (χ1) is 8.15. The summed E-state index contributed by atoms with van der Waals surface area (Å²) in [5.74, 6) is -0.0466. The van der Waals surface area contributed by atoms with Crippen LogP contribution in [0.4, 0.5) is 0 Å². The van der Waals surface area contributed by atoms with Crippen LogP contribution in [-0.4, -0.2) is 10.9 Å². The van der Waals surface area contributed by atoms with Crippen molar-refractivity contribution < 1.29 is 9.90 Å². The van der Waals surface area contributed by atoms with E-state index in [9.17, 15) is 9.90 Å². The highest BCUT2D eigenvalue weighted by molar-refractivity contribution is 6.03. The molecule has 0 aliphatic rings. The van der Waals surface area contributed by atoms with Crippen LogP contribution in [0.3, 0.4) is 0 Å². The van der Waals surface area contributed by atoms with Gasteiger partial charge in [0.2, 0.25) is 0 Å². The number of hydrogen-bond donors (Lipinski definition) is 1. The predicted octanol–water partition coefficient (Wildman–Crippen LogP) is 3.48. The number of allylic oxidation sites excluding steroid dienone is 1. The summed E-state index contributed by atoms with van der Waals surface area (Å²) >= 11 is 0. The van der Waals surface area contributed by atoms with Gasteiger partial charge in [0.05, 0.1) is 5.56 Å². The largest absolute Gasteiger partial charge is 0.507 e. The zero-order chi connectivity index (χ0) is 12.4. The summed E-state index contributed by atoms with van der Waals surface area (Å²) in [6.07, 6.45) is 2.28. The Morgan fingerprint density at radius 3 is 2.76 bits per heavy atom. The van der Waals surface area contributed by atoms with Gasteiger partial charge in [-0.05, 0) is 30.2 Å². The maximum atomic E-state index is 11.5. The lowest BCUT2D eigenvalue weighted by atomic mass is 9.96. The number of phenols is 1. The highest BCUT2D eigenvalue weighted by Gasteiger charge is 2.14. The SMILES string of the molecule is C=CCc1c(O)c(C(C)=O)cc2ccccc12. The molecular weight excluding hydrogens is 212 g/mol. The fourth-order valence-electron chi connectivity index (χ4n) is 2.03. The number of rotatable bonds is 3. The van der Waals surface area contributed by atoms with Crippen LogP contribution < -0.4 is 0 Å². The summed E-state index contributed by atoms with van der Waals surface area (Å²) < 4.78 is 0. The second-order valence-corrected chi connectivity index (χ2v) is 4.02. The number of carbonyl (C=O) groups is 1. The van der Waals surface area contributed by atoms with Crippen LogP contribution in [0.15, 0.2) is 43.0 Å². The van der Waals surface area contributed by atoms with E-state index in [1.165, 1.54) is 6.92 Å². The van der Waals surface area contributed by atoms with Crippen molar-refractivity contribution in [3.8, 4) is 5.75 Å². The van der Waals surface area contributed by atoms with E-state index in [1.54, 1.807) is 12.1 Å². The molecule has 0 atom stereocenters. The van der Waals surface area contributed by atoms with E-state index in [2.05, 4.69) is 6.58 Å². The minimum absolute atomic E-state index is 0.0797. The van der Waals surface area contributed by atoms with Gasteiger partial charge in [-0.1, -0.05) is 30.3 Å². The van der Waals surface area contributed by atoms with Crippen molar-refractivity contribution in [1.82, 2.24) is 0 Å². The van der Waals surface area contributed by atoms with Crippen molar-refractivity contribution in [2.45, 2.75) is 13.3 Å². The molecule has 2 aromatic rings. The summed E-state index contributed by atoms with van der Waals surface area (Å²) in [6, 6.07) is 9.45. The Bertz CT molecular complexity index is 597. The van der Waals surface area contributed by atoms with E-state index in [0.29, 0.717) is 12.0 Å². The highest BCUT2D eigenvalue weighted by Crippen LogP contribution is 2.32. The van der Waals surface area contributed by atoms with Crippen molar-refractivity contribution in [2.24, 2.45) is 0 Å². The van der Waals surface area contributed by atoms with Crippen LogP contribution >= 0.6 is 0 Å². The van der Waals surface area contributed by atoms with E-state index in [1.807, 2.05) is 24.3 Å². The molecule has 17 heavy (non-hydrogen) atoms. The molecule has 0 saturated carbocycles. The summed E-state index contributed by atoms with van der Waals surface area (Å²) in [5.41, 5.74) is 1.14. The number of benzene rings is 2. The summed E-state index contributed by atoms with van der Waals surface area (Å²) in [5, 5.41) is 12.1. The molecule has 0 fully saturated rings. The monoisotopic (exact) mass is 226 g/mol. The van der Waals surface area contributed by atoms with Gasteiger partial charge in [0.25, 0.3) is 0 Å². The third-order valence-electron chi connectivity index (χ3n) is 2.85. The smallest absolute Gasteiger partial charge is 0.163 e. The van der Waals surface area contributed by atoms with Gasteiger partial charge >= 0.3 is 0 Å². The van der Waals surface area contributed by atoms with Crippen molar-refractivity contribution >= 4 is 16.6 Å². The third-order valence-corrected chi connectivity index (χ3v) is 2.85. The van der Waals surface area contributed by atoms with Crippen molar-refractivity contribution in [3.05, 3.63) is 54.1 Å². The first-order valence-corrected chi connectivity index (χ1v) is 5.50. The Kier molecular flexibility index (Phi) is 2.96. The molecule has 0 unspecified atom stereocenters. The van der Waals surface area contributed by atoms with Crippen molar-refractivity contribution in [2.75, 3.05) is 0 Å². The number of Topliss-reactive ketones (excluding diaryl/α,β-unsaturated/α-hetero) is 1. The van der Waals surface area contributed by atoms with Gasteiger partial charge in [-0.3, -0.25) is 4.79 Å². The summed E-state index contributed by atoms with van der Waals surface area (Å²) in [7, 11) is 0. The minimum atomic E-state index is -0.126. The van der Waals surface area contributed by atoms with Crippen LogP contribution in [0, 0.1) is 0 Å². The highest BCUT2D eigenvalue weighted by atomic mass is 16.3. The number of ketones is 1. The zero-order valence-corrected chi connectivity index (χ0v) is 9.73. The molecule has 0 aromatic heterocycles. The molecule has 0 amide bonds. The molecule has 0 bridgehead atoms. The van der Waals surface area contributed by atoms with E-state index in [-0.39, 0.29) is 11.5 Å². The molecule has 2 aromatic carbocycles. The van der Waals surface area contributed by atoms with Gasteiger partial charge in [-0.15, -0.1) is 6.58 Å². The number of hydrogen-bond acceptors (Lipinski definition) is 2. The van der Waals surface area contributed by atoms with Crippen LogP contribution in [0.2, 0.25) is 0 Å². The molecule has 2 nitrogen and oxygen atoms in total. The van der Waals surface area contributed by atoms with E-state index < -0.39 is 0 Å². The first kappa shape index (κ1) is 11.4. The molecule has 1 N–H and O–H groups in total. The topological polar surface area (TPSA) is 37.3 Å².